The van der Waals surface area contributed by atoms with Crippen molar-refractivity contribution in [3.05, 3.63) is 77.4 Å². The predicted molar refractivity (Wildman–Crippen MR) is 98.9 cm³/mol. The highest BCUT2D eigenvalue weighted by Gasteiger charge is 2.24. The quantitative estimate of drug-likeness (QED) is 0.432. The Bertz CT molecular complexity index is 991. The van der Waals surface area contributed by atoms with Crippen LogP contribution in [0.25, 0.3) is 22.4 Å². The van der Waals surface area contributed by atoms with E-state index in [1.165, 1.54) is 5.39 Å². The van der Waals surface area contributed by atoms with Crippen LogP contribution < -0.4 is 11.1 Å². The van der Waals surface area contributed by atoms with E-state index in [0.29, 0.717) is 5.56 Å². The molecular weight excluding hydrogens is 298 g/mol. The van der Waals surface area contributed by atoms with Crippen LogP contribution in [-0.4, -0.2) is 17.2 Å². The number of fused-ring (bicyclic) bond motifs is 2. The molecule has 0 amide bonds. The maximum absolute atomic E-state index is 10.4. The number of benzene rings is 3. The van der Waals surface area contributed by atoms with Crippen molar-refractivity contribution in [2.45, 2.75) is 6.23 Å². The van der Waals surface area contributed by atoms with E-state index in [2.05, 4.69) is 29.6 Å². The first-order valence-electron chi connectivity index (χ1n) is 7.75. The van der Waals surface area contributed by atoms with E-state index in [4.69, 9.17) is 11.1 Å². The Kier molecular flexibility index (Phi) is 3.32. The second-order valence-electron chi connectivity index (χ2n) is 5.93. The Balaban J connectivity index is 1.82. The summed E-state index contributed by atoms with van der Waals surface area (Å²) in [5.74, 6) is 0.0178. The SMILES string of the molecule is N=C(N)c1ccc2c(c1)C(=Cc1ccc3ccccc3c1)C(O)N2. The van der Waals surface area contributed by atoms with Crippen LogP contribution >= 0.6 is 0 Å². The molecule has 5 N–H and O–H groups in total. The number of nitrogen functional groups attached to an aromatic ring is 1. The molecule has 4 nitrogen and oxygen atoms in total. The fourth-order valence-electron chi connectivity index (χ4n) is 3.08. The third-order valence-electron chi connectivity index (χ3n) is 4.32. The van der Waals surface area contributed by atoms with Gasteiger partial charge in [0.1, 0.15) is 5.84 Å². The summed E-state index contributed by atoms with van der Waals surface area (Å²) in [5.41, 5.74) is 9.76. The van der Waals surface area contributed by atoms with Gasteiger partial charge in [-0.05, 0) is 46.7 Å². The van der Waals surface area contributed by atoms with Crippen LogP contribution in [0.1, 0.15) is 16.7 Å². The fourth-order valence-corrected chi connectivity index (χ4v) is 3.08. The molecule has 118 valence electrons. The van der Waals surface area contributed by atoms with Crippen LogP contribution in [0, 0.1) is 5.41 Å². The molecular formula is C20H17N3O. The minimum Gasteiger partial charge on any atom is -0.384 e. The second-order valence-corrected chi connectivity index (χ2v) is 5.93. The summed E-state index contributed by atoms with van der Waals surface area (Å²) in [6.07, 6.45) is 1.20. The average molecular weight is 315 g/mol. The Morgan fingerprint density at radius 3 is 2.62 bits per heavy atom. The summed E-state index contributed by atoms with van der Waals surface area (Å²) in [6, 6.07) is 19.9. The minimum atomic E-state index is -0.770. The number of rotatable bonds is 2. The van der Waals surface area contributed by atoms with Gasteiger partial charge < -0.3 is 16.2 Å². The van der Waals surface area contributed by atoms with Crippen LogP contribution in [0.2, 0.25) is 0 Å². The average Bonchev–Trinajstić information content (AvgIpc) is 2.89. The van der Waals surface area contributed by atoms with E-state index < -0.39 is 6.23 Å². The smallest absolute Gasteiger partial charge is 0.151 e. The zero-order valence-electron chi connectivity index (χ0n) is 13.0. The lowest BCUT2D eigenvalue weighted by molar-refractivity contribution is 0.266. The minimum absolute atomic E-state index is 0.0178. The number of hydrogen-bond donors (Lipinski definition) is 4. The predicted octanol–water partition coefficient (Wildman–Crippen LogP) is 3.41. The number of nitrogens with two attached hydrogens (primary N) is 1. The monoisotopic (exact) mass is 315 g/mol. The molecule has 0 saturated heterocycles. The van der Waals surface area contributed by atoms with Crippen LogP contribution in [-0.2, 0) is 0 Å². The lowest BCUT2D eigenvalue weighted by atomic mass is 9.99. The first-order valence-corrected chi connectivity index (χ1v) is 7.75. The van der Waals surface area contributed by atoms with Crippen molar-refractivity contribution in [3.63, 3.8) is 0 Å². The molecule has 24 heavy (non-hydrogen) atoms. The molecule has 3 aromatic rings. The van der Waals surface area contributed by atoms with E-state index in [0.717, 1.165) is 27.8 Å². The molecule has 0 aromatic heterocycles. The summed E-state index contributed by atoms with van der Waals surface area (Å²) >= 11 is 0. The van der Waals surface area contributed by atoms with Gasteiger partial charge in [0.25, 0.3) is 0 Å². The number of nitrogens with one attached hydrogen (secondary N) is 2. The van der Waals surface area contributed by atoms with Crippen molar-refractivity contribution in [1.82, 2.24) is 0 Å². The van der Waals surface area contributed by atoms with Crippen LogP contribution in [0.3, 0.4) is 0 Å². The summed E-state index contributed by atoms with van der Waals surface area (Å²) in [4.78, 5) is 0. The standard InChI is InChI=1S/C20H17N3O/c21-19(22)15-7-8-18-16(11-15)17(20(24)23-18)10-12-5-6-13-3-1-2-4-14(13)9-12/h1-11,20,23-24H,(H3,21,22). The second kappa shape index (κ2) is 5.51. The Labute approximate surface area is 139 Å². The molecule has 0 aliphatic carbocycles. The van der Waals surface area contributed by atoms with Crippen LogP contribution in [0.5, 0.6) is 0 Å². The number of anilines is 1. The molecule has 3 aromatic carbocycles. The largest absolute Gasteiger partial charge is 0.384 e. The van der Waals surface area contributed by atoms with Gasteiger partial charge in [0.05, 0.1) is 0 Å². The first kappa shape index (κ1) is 14.5. The van der Waals surface area contributed by atoms with Gasteiger partial charge in [-0.3, -0.25) is 5.41 Å². The van der Waals surface area contributed by atoms with E-state index in [-0.39, 0.29) is 5.84 Å². The van der Waals surface area contributed by atoms with Crippen molar-refractivity contribution in [1.29, 1.82) is 5.41 Å². The van der Waals surface area contributed by atoms with Gasteiger partial charge in [0.2, 0.25) is 0 Å². The van der Waals surface area contributed by atoms with Crippen LogP contribution in [0.4, 0.5) is 5.69 Å². The zero-order chi connectivity index (χ0) is 16.7. The highest BCUT2D eigenvalue weighted by atomic mass is 16.3. The van der Waals surface area contributed by atoms with Crippen LogP contribution in [0.15, 0.2) is 60.7 Å². The third-order valence-corrected chi connectivity index (χ3v) is 4.32. The van der Waals surface area contributed by atoms with E-state index >= 15 is 0 Å². The highest BCUT2D eigenvalue weighted by molar-refractivity contribution is 6.00. The molecule has 0 fully saturated rings. The Hall–Kier alpha value is -3.11. The highest BCUT2D eigenvalue weighted by Crippen LogP contribution is 2.36. The number of hydrogen-bond acceptors (Lipinski definition) is 3. The normalized spacial score (nSPS) is 17.7. The maximum Gasteiger partial charge on any atom is 0.151 e. The molecule has 0 spiro atoms. The van der Waals surface area contributed by atoms with Gasteiger partial charge in [-0.15, -0.1) is 0 Å². The van der Waals surface area contributed by atoms with Gasteiger partial charge in [0.15, 0.2) is 6.23 Å². The molecule has 0 radical (unpaired) electrons. The molecule has 0 saturated carbocycles. The molecule has 1 unspecified atom stereocenters. The van der Waals surface area contributed by atoms with Gasteiger partial charge in [0, 0.05) is 22.4 Å². The maximum atomic E-state index is 10.4. The van der Waals surface area contributed by atoms with Crippen molar-refractivity contribution in [2.24, 2.45) is 5.73 Å². The topological polar surface area (TPSA) is 82.1 Å². The Morgan fingerprint density at radius 1 is 1.04 bits per heavy atom. The first-order chi connectivity index (χ1) is 11.6. The van der Waals surface area contributed by atoms with Gasteiger partial charge in [-0.25, -0.2) is 0 Å². The molecule has 4 heteroatoms. The van der Waals surface area contributed by atoms with Crippen molar-refractivity contribution >= 4 is 33.9 Å². The Morgan fingerprint density at radius 2 is 1.83 bits per heavy atom. The van der Waals surface area contributed by atoms with Crippen molar-refractivity contribution < 1.29 is 5.11 Å². The van der Waals surface area contributed by atoms with E-state index in [1.807, 2.05) is 36.4 Å². The number of aliphatic hydroxyl groups excluding tert-OH is 1. The van der Waals surface area contributed by atoms with Gasteiger partial charge in [-0.2, -0.15) is 0 Å². The number of aliphatic hydroxyl groups is 1. The lowest BCUT2D eigenvalue weighted by Gasteiger charge is -2.07. The molecule has 4 rings (SSSR count). The fraction of sp³-hybridized carbons (Fsp3) is 0.0500. The molecule has 1 aliphatic rings. The number of amidine groups is 1. The van der Waals surface area contributed by atoms with E-state index in [1.54, 1.807) is 6.07 Å². The summed E-state index contributed by atoms with van der Waals surface area (Å²) in [5, 5.41) is 23.3. The van der Waals surface area contributed by atoms with Gasteiger partial charge >= 0.3 is 0 Å². The van der Waals surface area contributed by atoms with Gasteiger partial charge in [-0.1, -0.05) is 36.4 Å². The summed E-state index contributed by atoms with van der Waals surface area (Å²) in [7, 11) is 0. The zero-order valence-corrected chi connectivity index (χ0v) is 13.0. The molecule has 1 heterocycles. The molecule has 1 atom stereocenters. The summed E-state index contributed by atoms with van der Waals surface area (Å²) in [6.45, 7) is 0. The van der Waals surface area contributed by atoms with Crippen molar-refractivity contribution in [3.8, 4) is 0 Å². The molecule has 1 aliphatic heterocycles. The van der Waals surface area contributed by atoms with Crippen molar-refractivity contribution in [2.75, 3.05) is 5.32 Å². The van der Waals surface area contributed by atoms with E-state index in [9.17, 15) is 5.11 Å². The third kappa shape index (κ3) is 2.43. The molecule has 0 bridgehead atoms. The summed E-state index contributed by atoms with van der Waals surface area (Å²) < 4.78 is 0. The lowest BCUT2D eigenvalue weighted by Crippen LogP contribution is -2.12.